The van der Waals surface area contributed by atoms with Crippen LogP contribution in [0.15, 0.2) is 206 Å². The molecule has 0 radical (unpaired) electrons. The molecule has 9 aromatic carbocycles. The molecule has 3 heteroatoms. The van der Waals surface area contributed by atoms with E-state index in [2.05, 4.69) is 216 Å². The summed E-state index contributed by atoms with van der Waals surface area (Å²) in [5, 5.41) is 7.57. The normalized spacial score (nSPS) is 11.6. The molecule has 0 atom stereocenters. The molecule has 2 aromatic heterocycles. The summed E-state index contributed by atoms with van der Waals surface area (Å²) in [4.78, 5) is 2.42. The zero-order valence-corrected chi connectivity index (χ0v) is 30.7. The Bertz CT molecular complexity index is 3190. The van der Waals surface area contributed by atoms with E-state index in [4.69, 9.17) is 0 Å². The van der Waals surface area contributed by atoms with E-state index < -0.39 is 0 Å². The third-order valence-corrected chi connectivity index (χ3v) is 12.1. The highest BCUT2D eigenvalue weighted by Gasteiger charge is 2.21. The van der Waals surface area contributed by atoms with Crippen LogP contribution in [-0.2, 0) is 0 Å². The molecule has 11 aromatic rings. The first kappa shape index (κ1) is 31.6. The summed E-state index contributed by atoms with van der Waals surface area (Å²) in [6.07, 6.45) is 0. The quantitative estimate of drug-likeness (QED) is 0.166. The summed E-state index contributed by atoms with van der Waals surface area (Å²) in [7, 11) is 0. The molecule has 0 fully saturated rings. The van der Waals surface area contributed by atoms with Crippen molar-refractivity contribution in [2.24, 2.45) is 0 Å². The number of benzene rings is 9. The van der Waals surface area contributed by atoms with Crippen molar-refractivity contribution < 1.29 is 0 Å². The molecule has 258 valence electrons. The molecule has 0 saturated heterocycles. The maximum absolute atomic E-state index is 2.42. The van der Waals surface area contributed by atoms with Gasteiger partial charge < -0.3 is 9.47 Å². The van der Waals surface area contributed by atoms with Gasteiger partial charge in [0.2, 0.25) is 0 Å². The topological polar surface area (TPSA) is 8.17 Å². The minimum Gasteiger partial charge on any atom is -0.310 e. The molecular formula is C52H34N2S. The van der Waals surface area contributed by atoms with Crippen LogP contribution in [0.25, 0.3) is 80.7 Å². The van der Waals surface area contributed by atoms with Gasteiger partial charge in [0.05, 0.1) is 11.0 Å². The molecule has 0 aliphatic carbocycles. The van der Waals surface area contributed by atoms with Crippen molar-refractivity contribution in [3.63, 3.8) is 0 Å². The first-order valence-corrected chi connectivity index (χ1v) is 19.6. The van der Waals surface area contributed by atoms with E-state index in [1.807, 2.05) is 11.3 Å². The Morgan fingerprint density at radius 2 is 0.982 bits per heavy atom. The Hall–Kier alpha value is -6.94. The number of rotatable bonds is 6. The second kappa shape index (κ2) is 12.9. The van der Waals surface area contributed by atoms with Gasteiger partial charge in [-0.2, -0.15) is 0 Å². The van der Waals surface area contributed by atoms with E-state index in [0.29, 0.717) is 0 Å². The summed E-state index contributed by atoms with van der Waals surface area (Å²) >= 11 is 1.86. The summed E-state index contributed by atoms with van der Waals surface area (Å²) in [5.74, 6) is 0. The third-order valence-electron chi connectivity index (χ3n) is 11.0. The number of para-hydroxylation sites is 1. The van der Waals surface area contributed by atoms with Gasteiger partial charge in [0.15, 0.2) is 0 Å². The van der Waals surface area contributed by atoms with E-state index in [1.165, 1.54) is 75.0 Å². The molecule has 0 aliphatic rings. The maximum Gasteiger partial charge on any atom is 0.0547 e. The van der Waals surface area contributed by atoms with Gasteiger partial charge >= 0.3 is 0 Å². The average molecular weight is 719 g/mol. The minimum atomic E-state index is 1.11. The van der Waals surface area contributed by atoms with Crippen molar-refractivity contribution in [3.8, 4) is 27.9 Å². The Labute approximate surface area is 323 Å². The molecule has 11 rings (SSSR count). The average Bonchev–Trinajstić information content (AvgIpc) is 3.80. The predicted molar refractivity (Wildman–Crippen MR) is 237 cm³/mol. The lowest BCUT2D eigenvalue weighted by Gasteiger charge is -2.26. The zero-order chi connectivity index (χ0) is 36.3. The van der Waals surface area contributed by atoms with Gasteiger partial charge in [0.25, 0.3) is 0 Å². The number of fused-ring (bicyclic) bond motifs is 7. The number of anilines is 3. The van der Waals surface area contributed by atoms with Gasteiger partial charge in [-0.25, -0.2) is 0 Å². The van der Waals surface area contributed by atoms with Crippen molar-refractivity contribution >= 4 is 81.1 Å². The predicted octanol–water partition coefficient (Wildman–Crippen LogP) is 15.1. The maximum atomic E-state index is 2.42. The van der Waals surface area contributed by atoms with Gasteiger partial charge in [0, 0.05) is 53.7 Å². The van der Waals surface area contributed by atoms with Gasteiger partial charge in [-0.15, -0.1) is 11.3 Å². The lowest BCUT2D eigenvalue weighted by Crippen LogP contribution is -2.09. The van der Waals surface area contributed by atoms with E-state index in [0.717, 1.165) is 22.7 Å². The smallest absolute Gasteiger partial charge is 0.0547 e. The van der Waals surface area contributed by atoms with Crippen molar-refractivity contribution in [2.75, 3.05) is 4.90 Å². The van der Waals surface area contributed by atoms with Crippen LogP contribution < -0.4 is 4.90 Å². The fourth-order valence-corrected chi connectivity index (χ4v) is 9.61. The standard InChI is InChI=1S/C52H34N2S/c1-3-13-35(14-4-1)36-25-27-39(28-26-36)53(41-29-31-45-44-20-9-10-24-50(44)55-51(45)34-41)40-30-32-48-47(33-40)52-46(43-21-11-16-37-15-7-8-19-42(37)43)22-12-23-49(52)54(48)38-17-5-2-6-18-38/h1-34H. The molecule has 0 amide bonds. The highest BCUT2D eigenvalue weighted by atomic mass is 32.1. The number of hydrogen-bond acceptors (Lipinski definition) is 2. The number of nitrogens with zero attached hydrogens (tertiary/aromatic N) is 2. The second-order valence-corrected chi connectivity index (χ2v) is 15.2. The number of aromatic nitrogens is 1. The molecule has 55 heavy (non-hydrogen) atoms. The fraction of sp³-hybridized carbons (Fsp3) is 0. The Kier molecular flexibility index (Phi) is 7.39. The second-order valence-electron chi connectivity index (χ2n) is 14.1. The Morgan fingerprint density at radius 3 is 1.84 bits per heavy atom. The van der Waals surface area contributed by atoms with Crippen LogP contribution in [0.3, 0.4) is 0 Å². The number of hydrogen-bond donors (Lipinski definition) is 0. The zero-order valence-electron chi connectivity index (χ0n) is 29.9. The van der Waals surface area contributed by atoms with Crippen LogP contribution in [0.4, 0.5) is 17.1 Å². The van der Waals surface area contributed by atoms with E-state index >= 15 is 0 Å². The minimum absolute atomic E-state index is 1.11. The van der Waals surface area contributed by atoms with E-state index in [9.17, 15) is 0 Å². The van der Waals surface area contributed by atoms with Crippen molar-refractivity contribution in [1.29, 1.82) is 0 Å². The molecule has 0 aliphatic heterocycles. The van der Waals surface area contributed by atoms with Gasteiger partial charge in [0.1, 0.15) is 0 Å². The van der Waals surface area contributed by atoms with Crippen molar-refractivity contribution in [3.05, 3.63) is 206 Å². The fourth-order valence-electron chi connectivity index (χ4n) is 8.47. The molecule has 0 saturated carbocycles. The Balaban J connectivity index is 1.18. The molecule has 0 N–H and O–H groups in total. The molecule has 0 bridgehead atoms. The lowest BCUT2D eigenvalue weighted by molar-refractivity contribution is 1.18. The summed E-state index contributed by atoms with van der Waals surface area (Å²) in [5.41, 5.74) is 11.8. The van der Waals surface area contributed by atoms with E-state index in [-0.39, 0.29) is 0 Å². The van der Waals surface area contributed by atoms with E-state index in [1.54, 1.807) is 0 Å². The molecular weight excluding hydrogens is 685 g/mol. The van der Waals surface area contributed by atoms with Gasteiger partial charge in [-0.3, -0.25) is 0 Å². The van der Waals surface area contributed by atoms with Crippen molar-refractivity contribution in [1.82, 2.24) is 4.57 Å². The first-order valence-electron chi connectivity index (χ1n) is 18.8. The SMILES string of the molecule is c1ccc(-c2ccc(N(c3ccc4c(c3)sc3ccccc34)c3ccc4c(c3)c3c(-c5cccc6ccccc56)cccc3n4-c3ccccc3)cc2)cc1. The first-order chi connectivity index (χ1) is 27.3. The van der Waals surface area contributed by atoms with Crippen LogP contribution in [0.1, 0.15) is 0 Å². The Morgan fingerprint density at radius 1 is 0.364 bits per heavy atom. The molecule has 2 nitrogen and oxygen atoms in total. The summed E-state index contributed by atoms with van der Waals surface area (Å²) < 4.78 is 5.01. The monoisotopic (exact) mass is 718 g/mol. The molecule has 0 unspecified atom stereocenters. The van der Waals surface area contributed by atoms with Crippen LogP contribution >= 0.6 is 11.3 Å². The van der Waals surface area contributed by atoms with Crippen LogP contribution in [0, 0.1) is 0 Å². The molecule has 0 spiro atoms. The highest BCUT2D eigenvalue weighted by Crippen LogP contribution is 2.45. The van der Waals surface area contributed by atoms with Crippen molar-refractivity contribution in [2.45, 2.75) is 0 Å². The van der Waals surface area contributed by atoms with Gasteiger partial charge in [-0.1, -0.05) is 140 Å². The van der Waals surface area contributed by atoms with Gasteiger partial charge in [-0.05, 0) is 99.8 Å². The molecule has 2 heterocycles. The third kappa shape index (κ3) is 5.24. The van der Waals surface area contributed by atoms with Crippen LogP contribution in [0.2, 0.25) is 0 Å². The largest absolute Gasteiger partial charge is 0.310 e. The lowest BCUT2D eigenvalue weighted by atomic mass is 9.94. The van der Waals surface area contributed by atoms with Crippen LogP contribution in [-0.4, -0.2) is 4.57 Å². The highest BCUT2D eigenvalue weighted by molar-refractivity contribution is 7.25. The van der Waals surface area contributed by atoms with Crippen LogP contribution in [0.5, 0.6) is 0 Å². The summed E-state index contributed by atoms with van der Waals surface area (Å²) in [6, 6.07) is 75.2. The summed E-state index contributed by atoms with van der Waals surface area (Å²) in [6.45, 7) is 0. The number of thiophene rings is 1.